The Kier molecular flexibility index (Phi) is 4.39. The summed E-state index contributed by atoms with van der Waals surface area (Å²) in [5, 5.41) is -0.354. The minimum Gasteiger partial charge on any atom is -0.266 e. The van der Waals surface area contributed by atoms with Crippen molar-refractivity contribution in [2.24, 2.45) is 5.41 Å². The fraction of sp³-hybridized carbons (Fsp3) is 0.889. The summed E-state index contributed by atoms with van der Waals surface area (Å²) < 4.78 is 39.6. The Labute approximate surface area is 90.0 Å². The standard InChI is InChI=1S/C9H18F3NOSi/c1-8(2,3)6-13(12)7(14)9(10,11)15(4)5/h15H,6H2,1-5H3. The van der Waals surface area contributed by atoms with Crippen LogP contribution >= 0.6 is 0 Å². The van der Waals surface area contributed by atoms with Gasteiger partial charge in [0.25, 0.3) is 0 Å². The number of nitrogens with zero attached hydrogens (tertiary/aromatic N) is 1. The van der Waals surface area contributed by atoms with E-state index in [2.05, 4.69) is 0 Å². The third-order valence-electron chi connectivity index (χ3n) is 1.84. The first-order chi connectivity index (χ1) is 6.48. The Morgan fingerprint density at radius 3 is 1.93 bits per heavy atom. The quantitative estimate of drug-likeness (QED) is 0.549. The summed E-state index contributed by atoms with van der Waals surface area (Å²) >= 11 is 0. The third-order valence-corrected chi connectivity index (χ3v) is 3.54. The van der Waals surface area contributed by atoms with Crippen LogP contribution in [0.15, 0.2) is 0 Å². The van der Waals surface area contributed by atoms with Crippen molar-refractivity contribution >= 4 is 14.7 Å². The number of carbonyl (C=O) groups excluding carboxylic acids is 1. The summed E-state index contributed by atoms with van der Waals surface area (Å²) in [7, 11) is -2.53. The van der Waals surface area contributed by atoms with Gasteiger partial charge in [-0.1, -0.05) is 38.3 Å². The van der Waals surface area contributed by atoms with E-state index in [1.54, 1.807) is 20.8 Å². The summed E-state index contributed by atoms with van der Waals surface area (Å²) in [5.41, 5.74) is -4.03. The summed E-state index contributed by atoms with van der Waals surface area (Å²) in [6, 6.07) is 0. The van der Waals surface area contributed by atoms with E-state index in [9.17, 15) is 18.1 Å². The first-order valence-corrected chi connectivity index (χ1v) is 7.72. The first kappa shape index (κ1) is 14.5. The SMILES string of the molecule is C[SiH](C)C(F)(F)C(=O)N(F)CC(C)(C)C. The second-order valence-corrected chi connectivity index (χ2v) is 8.20. The van der Waals surface area contributed by atoms with Gasteiger partial charge in [0.2, 0.25) is 0 Å². The summed E-state index contributed by atoms with van der Waals surface area (Å²) in [6.45, 7) is 7.36. The van der Waals surface area contributed by atoms with Crippen molar-refractivity contribution in [3.8, 4) is 0 Å². The Bertz CT molecular complexity index is 238. The van der Waals surface area contributed by atoms with Crippen molar-refractivity contribution in [2.75, 3.05) is 6.54 Å². The lowest BCUT2D eigenvalue weighted by molar-refractivity contribution is -0.166. The van der Waals surface area contributed by atoms with Crippen LogP contribution < -0.4 is 0 Å². The van der Waals surface area contributed by atoms with Crippen LogP contribution in [0.5, 0.6) is 0 Å². The van der Waals surface area contributed by atoms with Crippen LogP contribution in [0, 0.1) is 5.41 Å². The first-order valence-electron chi connectivity index (χ1n) is 4.84. The minimum absolute atomic E-state index is 0.317. The van der Waals surface area contributed by atoms with Crippen LogP contribution in [0.1, 0.15) is 20.8 Å². The van der Waals surface area contributed by atoms with E-state index in [4.69, 9.17) is 0 Å². The molecule has 0 spiro atoms. The molecule has 0 unspecified atom stereocenters. The molecule has 0 aromatic carbocycles. The van der Waals surface area contributed by atoms with Gasteiger partial charge in [0.15, 0.2) is 0 Å². The van der Waals surface area contributed by atoms with Gasteiger partial charge < -0.3 is 0 Å². The Balaban J connectivity index is 4.59. The number of carbonyl (C=O) groups is 1. The van der Waals surface area contributed by atoms with Gasteiger partial charge in [0.1, 0.15) is 8.80 Å². The number of hydrogen-bond donors (Lipinski definition) is 0. The van der Waals surface area contributed by atoms with Crippen molar-refractivity contribution in [1.82, 2.24) is 5.12 Å². The van der Waals surface area contributed by atoms with Crippen molar-refractivity contribution < 1.29 is 18.1 Å². The monoisotopic (exact) mass is 241 g/mol. The molecule has 0 fully saturated rings. The van der Waals surface area contributed by atoms with E-state index in [0.717, 1.165) is 0 Å². The molecule has 0 aromatic heterocycles. The molecule has 0 rings (SSSR count). The van der Waals surface area contributed by atoms with Gasteiger partial charge in [-0.25, -0.2) is 8.78 Å². The van der Waals surface area contributed by atoms with Gasteiger partial charge in [-0.3, -0.25) is 4.79 Å². The third kappa shape index (κ3) is 4.23. The number of hydrogen-bond acceptors (Lipinski definition) is 1. The number of amides is 1. The van der Waals surface area contributed by atoms with Crippen LogP contribution in [-0.4, -0.2) is 31.9 Å². The molecule has 0 N–H and O–H groups in total. The normalized spacial score (nSPS) is 13.1. The molecule has 0 bridgehead atoms. The molecule has 0 saturated heterocycles. The predicted octanol–water partition coefficient (Wildman–Crippen LogP) is 2.41. The average molecular weight is 241 g/mol. The second kappa shape index (κ2) is 4.55. The topological polar surface area (TPSA) is 20.3 Å². The summed E-state index contributed by atoms with van der Waals surface area (Å²) in [5.74, 6) is -1.70. The largest absolute Gasteiger partial charge is 0.315 e. The summed E-state index contributed by atoms with van der Waals surface area (Å²) in [6.07, 6.45) is 0. The smallest absolute Gasteiger partial charge is 0.266 e. The van der Waals surface area contributed by atoms with Crippen LogP contribution in [0.4, 0.5) is 13.3 Å². The lowest BCUT2D eigenvalue weighted by Crippen LogP contribution is -2.49. The van der Waals surface area contributed by atoms with Gasteiger partial charge in [0.05, 0.1) is 6.54 Å². The van der Waals surface area contributed by atoms with Gasteiger partial charge in [-0.15, -0.1) is 0 Å². The Morgan fingerprint density at radius 2 is 1.67 bits per heavy atom. The molecule has 0 saturated carbocycles. The molecule has 90 valence electrons. The molecule has 0 aliphatic rings. The van der Waals surface area contributed by atoms with Crippen LogP contribution in [-0.2, 0) is 4.79 Å². The molecular formula is C9H18F3NOSi. The molecule has 6 heteroatoms. The van der Waals surface area contributed by atoms with Gasteiger partial charge >= 0.3 is 11.5 Å². The fourth-order valence-corrected chi connectivity index (χ4v) is 1.53. The highest BCUT2D eigenvalue weighted by molar-refractivity contribution is 6.63. The maximum atomic E-state index is 13.2. The second-order valence-electron chi connectivity index (χ2n) is 5.16. The van der Waals surface area contributed by atoms with Gasteiger partial charge in [-0.05, 0) is 5.41 Å². The number of halogens is 3. The highest BCUT2D eigenvalue weighted by atomic mass is 28.3. The van der Waals surface area contributed by atoms with Crippen molar-refractivity contribution in [3.05, 3.63) is 0 Å². The number of alkyl halides is 2. The minimum atomic E-state index is -3.50. The fourth-order valence-electron chi connectivity index (χ4n) is 0.897. The maximum absolute atomic E-state index is 13.2. The molecule has 15 heavy (non-hydrogen) atoms. The highest BCUT2D eigenvalue weighted by Gasteiger charge is 2.46. The van der Waals surface area contributed by atoms with E-state index in [1.165, 1.54) is 13.1 Å². The Hall–Kier alpha value is -0.523. The van der Waals surface area contributed by atoms with E-state index in [1.807, 2.05) is 0 Å². The van der Waals surface area contributed by atoms with Crippen molar-refractivity contribution in [2.45, 2.75) is 39.4 Å². The Morgan fingerprint density at radius 1 is 1.27 bits per heavy atom. The molecule has 0 atom stereocenters. The van der Waals surface area contributed by atoms with E-state index in [-0.39, 0.29) is 11.7 Å². The molecule has 2 nitrogen and oxygen atoms in total. The van der Waals surface area contributed by atoms with E-state index >= 15 is 0 Å². The van der Waals surface area contributed by atoms with E-state index < -0.39 is 25.7 Å². The average Bonchev–Trinajstić information content (AvgIpc) is 1.99. The molecular weight excluding hydrogens is 223 g/mol. The zero-order valence-corrected chi connectivity index (χ0v) is 10.9. The number of rotatable bonds is 3. The van der Waals surface area contributed by atoms with Gasteiger partial charge in [0, 0.05) is 0 Å². The molecule has 0 radical (unpaired) electrons. The van der Waals surface area contributed by atoms with Crippen molar-refractivity contribution in [1.29, 1.82) is 0 Å². The zero-order valence-electron chi connectivity index (χ0n) is 9.77. The molecule has 0 heterocycles. The summed E-state index contributed by atoms with van der Waals surface area (Å²) in [4.78, 5) is 11.1. The van der Waals surface area contributed by atoms with Crippen LogP contribution in [0.2, 0.25) is 13.1 Å². The van der Waals surface area contributed by atoms with E-state index in [0.29, 0.717) is 0 Å². The molecule has 0 aliphatic carbocycles. The maximum Gasteiger partial charge on any atom is 0.315 e. The molecule has 0 aromatic rings. The lowest BCUT2D eigenvalue weighted by Gasteiger charge is -2.26. The lowest BCUT2D eigenvalue weighted by atomic mass is 9.97. The zero-order chi connectivity index (χ0) is 12.4. The highest BCUT2D eigenvalue weighted by Crippen LogP contribution is 2.24. The predicted molar refractivity (Wildman–Crippen MR) is 56.1 cm³/mol. The van der Waals surface area contributed by atoms with Crippen molar-refractivity contribution in [3.63, 3.8) is 0 Å². The molecule has 1 amide bonds. The van der Waals surface area contributed by atoms with Gasteiger partial charge in [-0.2, -0.15) is 5.12 Å². The molecule has 0 aliphatic heterocycles. The van der Waals surface area contributed by atoms with Crippen LogP contribution in [0.25, 0.3) is 0 Å². The van der Waals surface area contributed by atoms with Crippen LogP contribution in [0.3, 0.4) is 0 Å².